The quantitative estimate of drug-likeness (QED) is 0.860. The van der Waals surface area contributed by atoms with Crippen LogP contribution in [-0.4, -0.2) is 24.3 Å². The third-order valence-corrected chi connectivity index (χ3v) is 2.01. The van der Waals surface area contributed by atoms with E-state index >= 15 is 0 Å². The second-order valence-electron chi connectivity index (χ2n) is 3.66. The van der Waals surface area contributed by atoms with Gasteiger partial charge in [0.1, 0.15) is 5.82 Å². The first kappa shape index (κ1) is 13.4. The zero-order valence-corrected chi connectivity index (χ0v) is 9.51. The number of ether oxygens (including phenoxy) is 1. The minimum Gasteiger partial charge on any atom is -0.479 e. The number of anilines is 2. The zero-order chi connectivity index (χ0) is 13.1. The number of nitrogen functional groups attached to an aromatic ring is 1. The molecule has 0 radical (unpaired) electrons. The lowest BCUT2D eigenvalue weighted by molar-refractivity contribution is -0.136. The topological polar surface area (TPSA) is 60.2 Å². The van der Waals surface area contributed by atoms with Gasteiger partial charge in [0, 0.05) is 6.04 Å². The molecule has 0 spiro atoms. The van der Waals surface area contributed by atoms with Gasteiger partial charge in [0.25, 0.3) is 0 Å². The SMILES string of the molecule is COc1nc(NC(C)CC(F)(F)F)ccc1N. The van der Waals surface area contributed by atoms with Gasteiger partial charge >= 0.3 is 6.18 Å². The summed E-state index contributed by atoms with van der Waals surface area (Å²) in [6, 6.07) is 2.26. The van der Waals surface area contributed by atoms with Crippen molar-refractivity contribution in [2.75, 3.05) is 18.2 Å². The Bertz CT molecular complexity index is 382. The molecule has 4 nitrogen and oxygen atoms in total. The van der Waals surface area contributed by atoms with Crippen LogP contribution >= 0.6 is 0 Å². The van der Waals surface area contributed by atoms with Gasteiger partial charge in [-0.2, -0.15) is 18.2 Å². The first-order chi connectivity index (χ1) is 7.81. The molecule has 0 aliphatic heterocycles. The van der Waals surface area contributed by atoms with Gasteiger partial charge in [-0.15, -0.1) is 0 Å². The van der Waals surface area contributed by atoms with Gasteiger partial charge in [0.15, 0.2) is 0 Å². The predicted molar refractivity (Wildman–Crippen MR) is 59.0 cm³/mol. The molecule has 0 aliphatic rings. The van der Waals surface area contributed by atoms with Crippen molar-refractivity contribution < 1.29 is 17.9 Å². The monoisotopic (exact) mass is 249 g/mol. The fourth-order valence-corrected chi connectivity index (χ4v) is 1.35. The average Bonchev–Trinajstić information content (AvgIpc) is 2.18. The van der Waals surface area contributed by atoms with E-state index in [1.54, 1.807) is 0 Å². The highest BCUT2D eigenvalue weighted by molar-refractivity contribution is 5.53. The molecule has 1 aromatic heterocycles. The summed E-state index contributed by atoms with van der Waals surface area (Å²) in [6.45, 7) is 1.43. The Balaban J connectivity index is 2.68. The Morgan fingerprint density at radius 2 is 2.12 bits per heavy atom. The maximum absolute atomic E-state index is 12.1. The molecule has 0 saturated heterocycles. The van der Waals surface area contributed by atoms with Gasteiger partial charge in [-0.25, -0.2) is 0 Å². The molecule has 0 aromatic carbocycles. The van der Waals surface area contributed by atoms with Gasteiger partial charge in [0.05, 0.1) is 19.2 Å². The fraction of sp³-hybridized carbons (Fsp3) is 0.500. The third-order valence-electron chi connectivity index (χ3n) is 2.01. The number of nitrogens with zero attached hydrogens (tertiary/aromatic N) is 1. The molecule has 7 heteroatoms. The Kier molecular flexibility index (Phi) is 4.03. The van der Waals surface area contributed by atoms with Crippen molar-refractivity contribution in [1.82, 2.24) is 4.98 Å². The van der Waals surface area contributed by atoms with Crippen LogP contribution in [0.4, 0.5) is 24.7 Å². The molecule has 0 amide bonds. The van der Waals surface area contributed by atoms with Gasteiger partial charge in [-0.3, -0.25) is 0 Å². The summed E-state index contributed by atoms with van der Waals surface area (Å²) in [5.74, 6) is 0.488. The first-order valence-electron chi connectivity index (χ1n) is 4.95. The van der Waals surface area contributed by atoms with Crippen LogP contribution in [0.2, 0.25) is 0 Å². The molecule has 3 N–H and O–H groups in total. The lowest BCUT2D eigenvalue weighted by atomic mass is 10.2. The normalized spacial score (nSPS) is 13.2. The van der Waals surface area contributed by atoms with Crippen LogP contribution in [0.1, 0.15) is 13.3 Å². The molecular formula is C10H14F3N3O. The Labute approximate surface area is 97.0 Å². The van der Waals surface area contributed by atoms with Crippen LogP contribution in [0.5, 0.6) is 5.88 Å². The molecular weight excluding hydrogens is 235 g/mol. The second kappa shape index (κ2) is 5.11. The first-order valence-corrected chi connectivity index (χ1v) is 4.95. The Morgan fingerprint density at radius 1 is 1.47 bits per heavy atom. The molecule has 17 heavy (non-hydrogen) atoms. The number of pyridine rings is 1. The van der Waals surface area contributed by atoms with Gasteiger partial charge in [0.2, 0.25) is 5.88 Å². The minimum atomic E-state index is -4.20. The molecule has 1 atom stereocenters. The highest BCUT2D eigenvalue weighted by Crippen LogP contribution is 2.24. The molecule has 0 fully saturated rings. The van der Waals surface area contributed by atoms with Crippen molar-refractivity contribution in [2.45, 2.75) is 25.6 Å². The summed E-state index contributed by atoms with van der Waals surface area (Å²) in [4.78, 5) is 3.94. The number of hydrogen-bond acceptors (Lipinski definition) is 4. The highest BCUT2D eigenvalue weighted by Gasteiger charge is 2.30. The van der Waals surface area contributed by atoms with Crippen molar-refractivity contribution in [1.29, 1.82) is 0 Å². The summed E-state index contributed by atoms with van der Waals surface area (Å²) in [5.41, 5.74) is 5.87. The van der Waals surface area contributed by atoms with E-state index in [2.05, 4.69) is 10.3 Å². The van der Waals surface area contributed by atoms with E-state index in [-0.39, 0.29) is 5.88 Å². The van der Waals surface area contributed by atoms with Gasteiger partial charge in [-0.05, 0) is 19.1 Å². The van der Waals surface area contributed by atoms with Crippen LogP contribution in [0.3, 0.4) is 0 Å². The molecule has 96 valence electrons. The van der Waals surface area contributed by atoms with Crippen molar-refractivity contribution in [2.24, 2.45) is 0 Å². The van der Waals surface area contributed by atoms with Crippen molar-refractivity contribution in [3.63, 3.8) is 0 Å². The number of hydrogen-bond donors (Lipinski definition) is 2. The maximum atomic E-state index is 12.1. The van der Waals surface area contributed by atoms with E-state index in [9.17, 15) is 13.2 Å². The lowest BCUT2D eigenvalue weighted by Gasteiger charge is -2.16. The van der Waals surface area contributed by atoms with Crippen molar-refractivity contribution >= 4 is 11.5 Å². The second-order valence-corrected chi connectivity index (χ2v) is 3.66. The van der Waals surface area contributed by atoms with Crippen LogP contribution in [-0.2, 0) is 0 Å². The molecule has 1 rings (SSSR count). The third kappa shape index (κ3) is 4.38. The Morgan fingerprint density at radius 3 is 2.65 bits per heavy atom. The standard InChI is InChI=1S/C10H14F3N3O/c1-6(5-10(11,12)13)15-8-4-3-7(14)9(16-8)17-2/h3-4,6H,5,14H2,1-2H3,(H,15,16). The largest absolute Gasteiger partial charge is 0.479 e. The maximum Gasteiger partial charge on any atom is 0.391 e. The van der Waals surface area contributed by atoms with Crippen LogP contribution in [0, 0.1) is 0 Å². The number of methoxy groups -OCH3 is 1. The lowest BCUT2D eigenvalue weighted by Crippen LogP contribution is -2.24. The number of alkyl halides is 3. The Hall–Kier alpha value is -1.66. The van der Waals surface area contributed by atoms with E-state index in [1.807, 2.05) is 0 Å². The number of nitrogens with two attached hydrogens (primary N) is 1. The molecule has 1 heterocycles. The van der Waals surface area contributed by atoms with Crippen LogP contribution in [0.25, 0.3) is 0 Å². The summed E-state index contributed by atoms with van der Waals surface area (Å²) in [6.07, 6.45) is -5.13. The average molecular weight is 249 g/mol. The van der Waals surface area contributed by atoms with Crippen LogP contribution in [0.15, 0.2) is 12.1 Å². The number of halogens is 3. The summed E-state index contributed by atoms with van der Waals surface area (Å²) >= 11 is 0. The van der Waals surface area contributed by atoms with Crippen molar-refractivity contribution in [3.8, 4) is 5.88 Å². The van der Waals surface area contributed by atoms with E-state index in [1.165, 1.54) is 26.2 Å². The van der Waals surface area contributed by atoms with Crippen molar-refractivity contribution in [3.05, 3.63) is 12.1 Å². The number of rotatable bonds is 4. The number of nitrogens with one attached hydrogen (secondary N) is 1. The van der Waals surface area contributed by atoms with E-state index < -0.39 is 18.6 Å². The predicted octanol–water partition coefficient (Wildman–Crippen LogP) is 2.43. The molecule has 1 aromatic rings. The number of aromatic nitrogens is 1. The zero-order valence-electron chi connectivity index (χ0n) is 9.51. The van der Waals surface area contributed by atoms with E-state index in [0.29, 0.717) is 11.5 Å². The molecule has 0 aliphatic carbocycles. The van der Waals surface area contributed by atoms with Gasteiger partial charge < -0.3 is 15.8 Å². The van der Waals surface area contributed by atoms with Crippen LogP contribution < -0.4 is 15.8 Å². The molecule has 1 unspecified atom stereocenters. The van der Waals surface area contributed by atoms with E-state index in [0.717, 1.165) is 0 Å². The summed E-state index contributed by atoms with van der Waals surface area (Å²) < 4.78 is 41.2. The smallest absolute Gasteiger partial charge is 0.391 e. The molecule has 0 bridgehead atoms. The minimum absolute atomic E-state index is 0.189. The van der Waals surface area contributed by atoms with Gasteiger partial charge in [-0.1, -0.05) is 0 Å². The summed E-state index contributed by atoms with van der Waals surface area (Å²) in [5, 5.41) is 2.63. The fourth-order valence-electron chi connectivity index (χ4n) is 1.35. The molecule has 0 saturated carbocycles. The summed E-state index contributed by atoms with van der Waals surface area (Å²) in [7, 11) is 1.39. The van der Waals surface area contributed by atoms with E-state index in [4.69, 9.17) is 10.5 Å². The highest BCUT2D eigenvalue weighted by atomic mass is 19.4.